The van der Waals surface area contributed by atoms with Crippen LogP contribution in [0.15, 0.2) is 165 Å². The van der Waals surface area contributed by atoms with Gasteiger partial charge in [-0.15, -0.1) is 51.3 Å². The summed E-state index contributed by atoms with van der Waals surface area (Å²) in [4.78, 5) is 2.57. The minimum Gasteiger partial charge on any atom is -0.456 e. The predicted octanol–water partition coefficient (Wildman–Crippen LogP) is -3.13. The van der Waals surface area contributed by atoms with Crippen LogP contribution in [0.4, 0.5) is 17.1 Å². The Hall–Kier alpha value is -6.43. The lowest BCUT2D eigenvalue weighted by molar-refractivity contribution is 0.535. The molecular weight excluding hydrogens is 878 g/mol. The summed E-state index contributed by atoms with van der Waals surface area (Å²) < 4.78 is 6.47. The lowest BCUT2D eigenvalue weighted by Crippen LogP contribution is -2.52. The molecule has 0 fully saturated rings. The van der Waals surface area contributed by atoms with Gasteiger partial charge in [-0.05, 0) is 122 Å². The second-order valence-electron chi connectivity index (χ2n) is 22.7. The highest BCUT2D eigenvalue weighted by molar-refractivity contribution is 6.65. The SMILES string of the molecule is BC(=C)/C(B)=C(/B)C(B)C1(C/C(B)=C(B)\C(B)=C(\B)C#C)c2cc(N(c3cccc(-c4ccc5c(c4)oc4ccccc45)c3)c3ccc4c(c3)C(C)(C)c3ccccc3-4)c(B)c(B)c2-c2c(B)c(B)c(B)c(B)c21. The summed E-state index contributed by atoms with van der Waals surface area (Å²) in [6.07, 6.45) is 6.93. The van der Waals surface area contributed by atoms with Crippen molar-refractivity contribution < 1.29 is 4.42 Å². The first-order chi connectivity index (χ1) is 35.1. The highest BCUT2D eigenvalue weighted by atomic mass is 16.3. The van der Waals surface area contributed by atoms with E-state index in [-0.39, 0.29) is 11.2 Å². The molecule has 7 aromatic carbocycles. The molecule has 16 heteroatoms. The third kappa shape index (κ3) is 7.69. The third-order valence-electron chi connectivity index (χ3n) is 18.8. The van der Waals surface area contributed by atoms with Gasteiger partial charge in [-0.1, -0.05) is 114 Å². The lowest BCUT2D eigenvalue weighted by atomic mass is 9.47. The molecule has 10 rings (SSSR count). The smallest absolute Gasteiger partial charge is 0.149 e. The topological polar surface area (TPSA) is 16.4 Å². The fourth-order valence-electron chi connectivity index (χ4n) is 13.2. The summed E-state index contributed by atoms with van der Waals surface area (Å²) in [5, 5.41) is 2.26. The molecule has 2 nitrogen and oxygen atoms in total. The van der Waals surface area contributed by atoms with Crippen LogP contribution in [0.25, 0.3) is 55.3 Å². The van der Waals surface area contributed by atoms with Crippen molar-refractivity contribution >= 4 is 182 Å². The molecular formula is C58H59B14NO. The maximum absolute atomic E-state index is 6.47. The number of para-hydroxylation sites is 1. The van der Waals surface area contributed by atoms with E-state index in [1.165, 1.54) is 110 Å². The number of benzene rings is 7. The Morgan fingerprint density at radius 2 is 1.23 bits per heavy atom. The molecule has 0 radical (unpaired) electrons. The fourth-order valence-corrected chi connectivity index (χ4v) is 13.2. The van der Waals surface area contributed by atoms with E-state index in [9.17, 15) is 0 Å². The first-order valence-electron chi connectivity index (χ1n) is 26.6. The van der Waals surface area contributed by atoms with Gasteiger partial charge < -0.3 is 9.32 Å². The number of furan rings is 1. The van der Waals surface area contributed by atoms with Gasteiger partial charge in [-0.25, -0.2) is 0 Å². The summed E-state index contributed by atoms with van der Waals surface area (Å²) in [7, 11) is 32.4. The normalized spacial score (nSPS) is 16.5. The summed E-state index contributed by atoms with van der Waals surface area (Å²) in [6.45, 7) is 9.29. The molecule has 2 aliphatic rings. The van der Waals surface area contributed by atoms with Crippen LogP contribution in [0.2, 0.25) is 5.82 Å². The van der Waals surface area contributed by atoms with Gasteiger partial charge in [-0.2, -0.15) is 0 Å². The Labute approximate surface area is 453 Å². The van der Waals surface area contributed by atoms with E-state index in [2.05, 4.69) is 250 Å². The van der Waals surface area contributed by atoms with Crippen LogP contribution in [0.5, 0.6) is 0 Å². The maximum atomic E-state index is 6.47. The van der Waals surface area contributed by atoms with Crippen molar-refractivity contribution in [3.63, 3.8) is 0 Å². The molecule has 344 valence electrons. The van der Waals surface area contributed by atoms with E-state index < -0.39 is 5.41 Å². The summed E-state index contributed by atoms with van der Waals surface area (Å²) >= 11 is 0. The molecule has 0 saturated heterocycles. The van der Waals surface area contributed by atoms with Gasteiger partial charge in [-0.3, -0.25) is 0 Å². The van der Waals surface area contributed by atoms with Crippen LogP contribution in [0.3, 0.4) is 0 Å². The molecule has 0 saturated carbocycles. The number of hydrogen-bond donors (Lipinski definition) is 0. The standard InChI is InChI=1S/C58H59B14NO/c1-5-38(60)47(63)48(64)39(61)25-58(56(72)55(71)46(62)26(2)59)37-24-40(49(65)50(66)43(37)44-45(58)52(68)54(70)53(69)51(44)67)73(30-18-20-32-31-13-6-8-15-35(31)57(3,4)36(32)23-30)29-12-10-11-27(21-29)28-17-19-34-33-14-7-9-16-41(33)74-42(34)22-28/h1,6-24,56H,2,25,59-72H2,3-4H3/b47-38-,48-39-,55-46-. The van der Waals surface area contributed by atoms with Crippen LogP contribution in [0, 0.1) is 12.3 Å². The van der Waals surface area contributed by atoms with Gasteiger partial charge in [0.1, 0.15) is 121 Å². The third-order valence-corrected chi connectivity index (χ3v) is 18.8. The number of hydrogen-bond acceptors (Lipinski definition) is 2. The monoisotopic (exact) mass is 940 g/mol. The van der Waals surface area contributed by atoms with Crippen molar-refractivity contribution in [2.45, 2.75) is 36.9 Å². The molecule has 0 spiro atoms. The van der Waals surface area contributed by atoms with Gasteiger partial charge >= 0.3 is 0 Å². The number of nitrogens with zero attached hydrogens (tertiary/aromatic N) is 1. The van der Waals surface area contributed by atoms with Crippen LogP contribution >= 0.6 is 0 Å². The number of anilines is 3. The van der Waals surface area contributed by atoms with E-state index in [4.69, 9.17) is 10.8 Å². The van der Waals surface area contributed by atoms with Gasteiger partial charge in [0.05, 0.1) is 0 Å². The van der Waals surface area contributed by atoms with Crippen LogP contribution in [-0.4, -0.2) is 110 Å². The quantitative estimate of drug-likeness (QED) is 0.0822. The molecule has 1 aromatic heterocycles. The van der Waals surface area contributed by atoms with E-state index in [0.717, 1.165) is 61.8 Å². The van der Waals surface area contributed by atoms with Gasteiger partial charge in [0.25, 0.3) is 0 Å². The molecule has 2 atom stereocenters. The fraction of sp³-hybridized carbons (Fsp3) is 0.103. The van der Waals surface area contributed by atoms with Crippen LogP contribution in [0.1, 0.15) is 42.5 Å². The average molecular weight is 937 g/mol. The minimum absolute atomic E-state index is 0.0966. The number of terminal acetylenes is 1. The zero-order chi connectivity index (χ0) is 53.0. The maximum Gasteiger partial charge on any atom is 0.149 e. The molecule has 0 N–H and O–H groups in total. The Bertz CT molecular complexity index is 3910. The van der Waals surface area contributed by atoms with Gasteiger partial charge in [0.15, 0.2) is 0 Å². The number of rotatable bonds is 10. The zero-order valence-electron chi connectivity index (χ0n) is 46.9. The minimum atomic E-state index is -0.460. The molecule has 2 unspecified atom stereocenters. The first kappa shape index (κ1) is 51.1. The van der Waals surface area contributed by atoms with E-state index in [1.54, 1.807) is 0 Å². The summed E-state index contributed by atoms with van der Waals surface area (Å²) in [5.74, 6) is 3.07. The molecule has 0 amide bonds. The molecule has 8 aromatic rings. The van der Waals surface area contributed by atoms with Crippen LogP contribution < -0.4 is 37.7 Å². The average Bonchev–Trinajstić information content (AvgIpc) is 4.05. The van der Waals surface area contributed by atoms with Crippen molar-refractivity contribution in [1.29, 1.82) is 0 Å². The molecule has 1 heterocycles. The Kier molecular flexibility index (Phi) is 12.9. The van der Waals surface area contributed by atoms with Gasteiger partial charge in [0.2, 0.25) is 0 Å². The van der Waals surface area contributed by atoms with Crippen molar-refractivity contribution in [3.05, 3.63) is 182 Å². The molecule has 2 aliphatic carbocycles. The number of allylic oxidation sites excluding steroid dienone is 7. The predicted molar refractivity (Wildman–Crippen MR) is 362 cm³/mol. The second-order valence-corrected chi connectivity index (χ2v) is 22.7. The van der Waals surface area contributed by atoms with Crippen LogP contribution in [-0.2, 0) is 10.8 Å². The zero-order valence-corrected chi connectivity index (χ0v) is 46.9. The highest BCUT2D eigenvalue weighted by Crippen LogP contribution is 2.58. The molecule has 74 heavy (non-hydrogen) atoms. The Morgan fingerprint density at radius 1 is 0.595 bits per heavy atom. The lowest BCUT2D eigenvalue weighted by Gasteiger charge is -2.43. The summed E-state index contributed by atoms with van der Waals surface area (Å²) in [6, 6.07) is 42.9. The highest BCUT2D eigenvalue weighted by Gasteiger charge is 2.50. The largest absolute Gasteiger partial charge is 0.456 e. The van der Waals surface area contributed by atoms with E-state index in [0.29, 0.717) is 0 Å². The number of fused-ring (bicyclic) bond motifs is 9. The molecule has 0 aliphatic heterocycles. The van der Waals surface area contributed by atoms with Crippen molar-refractivity contribution in [2.24, 2.45) is 0 Å². The Balaban J connectivity index is 1.30. The van der Waals surface area contributed by atoms with E-state index in [1.807, 2.05) is 6.07 Å². The Morgan fingerprint density at radius 3 is 1.96 bits per heavy atom. The van der Waals surface area contributed by atoms with Gasteiger partial charge in [0, 0.05) is 38.7 Å². The second kappa shape index (κ2) is 18.7. The van der Waals surface area contributed by atoms with E-state index >= 15 is 0 Å². The molecule has 0 bridgehead atoms. The first-order valence-corrected chi connectivity index (χ1v) is 26.6. The summed E-state index contributed by atoms with van der Waals surface area (Å²) in [5.41, 5.74) is 34.4. The van der Waals surface area contributed by atoms with Crippen molar-refractivity contribution in [1.82, 2.24) is 0 Å². The van der Waals surface area contributed by atoms with Crippen molar-refractivity contribution in [3.8, 4) is 45.7 Å². The van der Waals surface area contributed by atoms with Crippen molar-refractivity contribution in [2.75, 3.05) is 4.90 Å².